The fourth-order valence-corrected chi connectivity index (χ4v) is 1.06. The molecular formula is C9H12N2O4. The van der Waals surface area contributed by atoms with Crippen LogP contribution in [0.1, 0.15) is 12.6 Å². The Bertz CT molecular complexity index is 359. The molecule has 0 spiro atoms. The molecule has 1 rings (SSSR count). The van der Waals surface area contributed by atoms with Gasteiger partial charge in [0.15, 0.2) is 5.75 Å². The van der Waals surface area contributed by atoms with E-state index in [9.17, 15) is 9.59 Å². The van der Waals surface area contributed by atoms with Crippen molar-refractivity contribution in [3.8, 4) is 5.75 Å². The van der Waals surface area contributed by atoms with Gasteiger partial charge < -0.3 is 9.47 Å². The first-order valence-electron chi connectivity index (χ1n) is 4.41. The van der Waals surface area contributed by atoms with Crippen LogP contribution in [0.4, 0.5) is 0 Å². The van der Waals surface area contributed by atoms with E-state index in [0.717, 1.165) is 0 Å². The van der Waals surface area contributed by atoms with Crippen LogP contribution in [0, 0.1) is 6.92 Å². The lowest BCUT2D eigenvalue weighted by atomic mass is 10.4. The van der Waals surface area contributed by atoms with Crippen molar-refractivity contribution in [1.82, 2.24) is 9.78 Å². The van der Waals surface area contributed by atoms with E-state index in [1.165, 1.54) is 6.92 Å². The molecule has 0 aliphatic rings. The van der Waals surface area contributed by atoms with Gasteiger partial charge in [0.05, 0.1) is 12.7 Å². The van der Waals surface area contributed by atoms with E-state index in [1.807, 2.05) is 0 Å². The number of esters is 1. The van der Waals surface area contributed by atoms with Gasteiger partial charge in [0.2, 0.25) is 0 Å². The van der Waals surface area contributed by atoms with Gasteiger partial charge in [-0.2, -0.15) is 5.10 Å². The number of hydrogen-bond acceptors (Lipinski definition) is 5. The molecule has 0 saturated heterocycles. The SMILES string of the molecule is CC(=O)OCCn1cc(OC=O)c(C)n1. The van der Waals surface area contributed by atoms with Crippen molar-refractivity contribution in [3.63, 3.8) is 0 Å². The van der Waals surface area contributed by atoms with Gasteiger partial charge in [-0.15, -0.1) is 0 Å². The zero-order valence-electron chi connectivity index (χ0n) is 8.60. The van der Waals surface area contributed by atoms with Gasteiger partial charge in [-0.25, -0.2) is 0 Å². The van der Waals surface area contributed by atoms with Crippen molar-refractivity contribution in [3.05, 3.63) is 11.9 Å². The van der Waals surface area contributed by atoms with Crippen LogP contribution < -0.4 is 4.74 Å². The van der Waals surface area contributed by atoms with E-state index in [0.29, 0.717) is 24.5 Å². The lowest BCUT2D eigenvalue weighted by molar-refractivity contribution is -0.141. The monoisotopic (exact) mass is 212 g/mol. The molecule has 1 aromatic rings. The van der Waals surface area contributed by atoms with E-state index >= 15 is 0 Å². The Kier molecular flexibility index (Phi) is 3.84. The molecule has 0 saturated carbocycles. The molecule has 0 N–H and O–H groups in total. The molecule has 1 aromatic heterocycles. The zero-order valence-corrected chi connectivity index (χ0v) is 8.60. The lowest BCUT2D eigenvalue weighted by Crippen LogP contribution is -2.09. The van der Waals surface area contributed by atoms with E-state index in [2.05, 4.69) is 9.84 Å². The predicted molar refractivity (Wildman–Crippen MR) is 50.3 cm³/mol. The van der Waals surface area contributed by atoms with Crippen LogP contribution in [0.15, 0.2) is 6.20 Å². The van der Waals surface area contributed by atoms with E-state index < -0.39 is 0 Å². The second-order valence-corrected chi connectivity index (χ2v) is 2.90. The van der Waals surface area contributed by atoms with Crippen LogP contribution in [0.2, 0.25) is 0 Å². The first kappa shape index (κ1) is 11.2. The highest BCUT2D eigenvalue weighted by Crippen LogP contribution is 2.14. The number of ether oxygens (including phenoxy) is 2. The Balaban J connectivity index is 2.51. The van der Waals surface area contributed by atoms with Crippen molar-refractivity contribution >= 4 is 12.4 Å². The average Bonchev–Trinajstić information content (AvgIpc) is 2.47. The summed E-state index contributed by atoms with van der Waals surface area (Å²) in [5.74, 6) is 0.0797. The average molecular weight is 212 g/mol. The third kappa shape index (κ3) is 3.41. The van der Waals surface area contributed by atoms with Crippen LogP contribution in [0.3, 0.4) is 0 Å². The molecular weight excluding hydrogens is 200 g/mol. The summed E-state index contributed by atoms with van der Waals surface area (Å²) < 4.78 is 11.0. The van der Waals surface area contributed by atoms with Gasteiger partial charge in [0.25, 0.3) is 6.47 Å². The fraction of sp³-hybridized carbons (Fsp3) is 0.444. The summed E-state index contributed by atoms with van der Waals surface area (Å²) >= 11 is 0. The molecule has 0 radical (unpaired) electrons. The summed E-state index contributed by atoms with van der Waals surface area (Å²) in [6, 6.07) is 0. The van der Waals surface area contributed by atoms with Gasteiger partial charge in [-0.1, -0.05) is 0 Å². The minimum atomic E-state index is -0.330. The molecule has 6 heteroatoms. The molecule has 0 bridgehead atoms. The highest BCUT2D eigenvalue weighted by Gasteiger charge is 2.05. The standard InChI is InChI=1S/C9H12N2O4/c1-7-9(15-6-12)5-11(10-7)3-4-14-8(2)13/h5-6H,3-4H2,1-2H3. The summed E-state index contributed by atoms with van der Waals surface area (Å²) in [5.41, 5.74) is 0.616. The van der Waals surface area contributed by atoms with Crippen LogP contribution in [0.25, 0.3) is 0 Å². The maximum absolute atomic E-state index is 10.5. The Morgan fingerprint density at radius 1 is 1.67 bits per heavy atom. The van der Waals surface area contributed by atoms with E-state index in [1.54, 1.807) is 17.8 Å². The summed E-state index contributed by atoms with van der Waals surface area (Å²) in [6.07, 6.45) is 1.58. The quantitative estimate of drug-likeness (QED) is 0.518. The Morgan fingerprint density at radius 2 is 2.40 bits per heavy atom. The van der Waals surface area contributed by atoms with Gasteiger partial charge in [-0.05, 0) is 6.92 Å². The zero-order chi connectivity index (χ0) is 11.3. The van der Waals surface area contributed by atoms with Gasteiger partial charge in [0, 0.05) is 6.92 Å². The number of hydrogen-bond donors (Lipinski definition) is 0. The topological polar surface area (TPSA) is 70.4 Å². The van der Waals surface area contributed by atoms with E-state index in [-0.39, 0.29) is 12.6 Å². The Morgan fingerprint density at radius 3 is 3.00 bits per heavy atom. The van der Waals surface area contributed by atoms with Crippen LogP contribution in [-0.4, -0.2) is 28.8 Å². The fourth-order valence-electron chi connectivity index (χ4n) is 1.06. The van der Waals surface area contributed by atoms with Crippen LogP contribution >= 0.6 is 0 Å². The number of nitrogens with zero attached hydrogens (tertiary/aromatic N) is 2. The maximum atomic E-state index is 10.5. The van der Waals surface area contributed by atoms with Crippen molar-refractivity contribution in [1.29, 1.82) is 0 Å². The van der Waals surface area contributed by atoms with Crippen molar-refractivity contribution in [2.45, 2.75) is 20.4 Å². The molecule has 0 unspecified atom stereocenters. The summed E-state index contributed by atoms with van der Waals surface area (Å²) in [6.45, 7) is 4.09. The molecule has 1 heterocycles. The highest BCUT2D eigenvalue weighted by molar-refractivity contribution is 5.65. The lowest BCUT2D eigenvalue weighted by Gasteiger charge is -2.00. The number of aryl methyl sites for hydroxylation is 1. The Labute approximate surface area is 86.8 Å². The first-order valence-corrected chi connectivity index (χ1v) is 4.41. The normalized spacial score (nSPS) is 9.73. The summed E-state index contributed by atoms with van der Waals surface area (Å²) in [4.78, 5) is 20.6. The van der Waals surface area contributed by atoms with Gasteiger partial charge in [-0.3, -0.25) is 14.3 Å². The second kappa shape index (κ2) is 5.14. The molecule has 82 valence electrons. The summed E-state index contributed by atoms with van der Waals surface area (Å²) in [7, 11) is 0. The van der Waals surface area contributed by atoms with Crippen molar-refractivity contribution in [2.75, 3.05) is 6.61 Å². The number of carbonyl (C=O) groups excluding carboxylic acids is 2. The smallest absolute Gasteiger partial charge is 0.302 e. The van der Waals surface area contributed by atoms with E-state index in [4.69, 9.17) is 4.74 Å². The number of aromatic nitrogens is 2. The van der Waals surface area contributed by atoms with Crippen molar-refractivity contribution in [2.24, 2.45) is 0 Å². The third-order valence-corrected chi connectivity index (χ3v) is 1.70. The predicted octanol–water partition coefficient (Wildman–Crippen LogP) is 0.290. The Hall–Kier alpha value is -1.85. The molecule has 0 amide bonds. The number of rotatable bonds is 5. The van der Waals surface area contributed by atoms with Gasteiger partial charge >= 0.3 is 5.97 Å². The number of carbonyl (C=O) groups is 2. The first-order chi connectivity index (χ1) is 7.13. The van der Waals surface area contributed by atoms with Crippen LogP contribution in [0.5, 0.6) is 5.75 Å². The minimum Gasteiger partial charge on any atom is -0.464 e. The van der Waals surface area contributed by atoms with Gasteiger partial charge in [0.1, 0.15) is 12.3 Å². The molecule has 0 aromatic carbocycles. The molecule has 0 aliphatic carbocycles. The molecule has 6 nitrogen and oxygen atoms in total. The maximum Gasteiger partial charge on any atom is 0.302 e. The highest BCUT2D eigenvalue weighted by atomic mass is 16.5. The molecule has 15 heavy (non-hydrogen) atoms. The summed E-state index contributed by atoms with van der Waals surface area (Å²) in [5, 5.41) is 4.07. The second-order valence-electron chi connectivity index (χ2n) is 2.90. The third-order valence-electron chi connectivity index (χ3n) is 1.70. The van der Waals surface area contributed by atoms with Crippen molar-refractivity contribution < 1.29 is 19.1 Å². The van der Waals surface area contributed by atoms with Crippen LogP contribution in [-0.2, 0) is 20.9 Å². The molecule has 0 atom stereocenters. The minimum absolute atomic E-state index is 0.247. The molecule has 0 fully saturated rings. The molecule has 0 aliphatic heterocycles. The largest absolute Gasteiger partial charge is 0.464 e.